The van der Waals surface area contributed by atoms with E-state index in [4.69, 9.17) is 20.3 Å². The molecule has 0 N–H and O–H groups in total. The van der Waals surface area contributed by atoms with Crippen LogP contribution >= 0.6 is 18.2 Å². The van der Waals surface area contributed by atoms with E-state index in [1.54, 1.807) is 0 Å². The van der Waals surface area contributed by atoms with E-state index in [2.05, 4.69) is 0 Å². The SMILES string of the molecule is O=P(Cl)(OC1=CCCCCC1)OC1=CCCCCC1. The predicted octanol–water partition coefficient (Wildman–Crippen LogP) is 6.06. The van der Waals surface area contributed by atoms with Crippen molar-refractivity contribution in [1.82, 2.24) is 0 Å². The van der Waals surface area contributed by atoms with Gasteiger partial charge in [0.2, 0.25) is 0 Å². The van der Waals surface area contributed by atoms with Gasteiger partial charge in [0.05, 0.1) is 0 Å². The summed E-state index contributed by atoms with van der Waals surface area (Å²) in [5, 5.41) is 0. The molecule has 0 amide bonds. The quantitative estimate of drug-likeness (QED) is 0.592. The normalized spacial score (nSPS) is 21.7. The second kappa shape index (κ2) is 7.40. The summed E-state index contributed by atoms with van der Waals surface area (Å²) >= 11 is 5.94. The molecule has 5 heteroatoms. The smallest absolute Gasteiger partial charge is 0.410 e. The van der Waals surface area contributed by atoms with E-state index in [0.29, 0.717) is 0 Å². The van der Waals surface area contributed by atoms with Gasteiger partial charge in [0.15, 0.2) is 0 Å². The van der Waals surface area contributed by atoms with E-state index in [0.717, 1.165) is 62.9 Å². The van der Waals surface area contributed by atoms with Crippen molar-refractivity contribution in [3.8, 4) is 0 Å². The third kappa shape index (κ3) is 5.62. The van der Waals surface area contributed by atoms with Crippen LogP contribution in [0.1, 0.15) is 64.2 Å². The second-order valence-electron chi connectivity index (χ2n) is 5.15. The fraction of sp³-hybridized carbons (Fsp3) is 0.714. The highest BCUT2D eigenvalue weighted by molar-refractivity contribution is 7.81. The third-order valence-electron chi connectivity index (χ3n) is 3.45. The molecule has 0 aromatic rings. The summed E-state index contributed by atoms with van der Waals surface area (Å²) in [6.45, 7) is -3.53. The molecule has 0 unspecified atom stereocenters. The Morgan fingerprint density at radius 3 is 1.79 bits per heavy atom. The maximum atomic E-state index is 12.2. The van der Waals surface area contributed by atoms with Gasteiger partial charge in [-0.1, -0.05) is 12.8 Å². The van der Waals surface area contributed by atoms with Crippen LogP contribution in [-0.2, 0) is 13.6 Å². The maximum Gasteiger partial charge on any atom is 0.529 e. The van der Waals surface area contributed by atoms with Gasteiger partial charge in [-0.3, -0.25) is 0 Å². The Bertz CT molecular complexity index is 369. The predicted molar refractivity (Wildman–Crippen MR) is 78.0 cm³/mol. The van der Waals surface area contributed by atoms with Crippen LogP contribution in [0.3, 0.4) is 0 Å². The van der Waals surface area contributed by atoms with E-state index < -0.39 is 6.95 Å². The minimum absolute atomic E-state index is 0.727. The molecule has 0 heterocycles. The van der Waals surface area contributed by atoms with Crippen molar-refractivity contribution in [3.05, 3.63) is 23.7 Å². The Morgan fingerprint density at radius 1 is 0.842 bits per heavy atom. The van der Waals surface area contributed by atoms with Gasteiger partial charge in [0, 0.05) is 24.1 Å². The minimum atomic E-state index is -3.53. The number of halogens is 1. The van der Waals surface area contributed by atoms with Crippen molar-refractivity contribution >= 4 is 18.2 Å². The first kappa shape index (κ1) is 15.0. The average Bonchev–Trinajstić information content (AvgIpc) is 2.73. The number of rotatable bonds is 4. The molecule has 0 radical (unpaired) electrons. The Balaban J connectivity index is 1.91. The number of allylic oxidation sites excluding steroid dienone is 4. The second-order valence-corrected chi connectivity index (χ2v) is 7.62. The third-order valence-corrected chi connectivity index (χ3v) is 4.77. The molecule has 3 nitrogen and oxygen atoms in total. The lowest BCUT2D eigenvalue weighted by molar-refractivity contribution is 0.291. The molecule has 0 spiro atoms. The molecule has 0 bridgehead atoms. The van der Waals surface area contributed by atoms with Crippen molar-refractivity contribution < 1.29 is 13.6 Å². The Hall–Kier alpha value is -0.400. The zero-order valence-electron chi connectivity index (χ0n) is 11.3. The molecule has 0 atom stereocenters. The monoisotopic (exact) mass is 304 g/mol. The van der Waals surface area contributed by atoms with Crippen LogP contribution in [0, 0.1) is 0 Å². The van der Waals surface area contributed by atoms with Gasteiger partial charge < -0.3 is 9.05 Å². The molecule has 0 fully saturated rings. The fourth-order valence-corrected chi connectivity index (χ4v) is 3.90. The average molecular weight is 305 g/mol. The highest BCUT2D eigenvalue weighted by atomic mass is 35.7. The Kier molecular flexibility index (Phi) is 5.84. The molecule has 2 rings (SSSR count). The largest absolute Gasteiger partial charge is 0.529 e. The number of hydrogen-bond acceptors (Lipinski definition) is 3. The van der Waals surface area contributed by atoms with Crippen molar-refractivity contribution in [2.75, 3.05) is 0 Å². The topological polar surface area (TPSA) is 35.5 Å². The van der Waals surface area contributed by atoms with Gasteiger partial charge in [0.25, 0.3) is 0 Å². The molecule has 2 aliphatic carbocycles. The van der Waals surface area contributed by atoms with Crippen LogP contribution in [0.2, 0.25) is 0 Å². The molecule has 0 saturated heterocycles. The van der Waals surface area contributed by atoms with E-state index in [1.807, 2.05) is 12.2 Å². The van der Waals surface area contributed by atoms with Crippen LogP contribution in [0.15, 0.2) is 23.7 Å². The zero-order chi connectivity index (χ0) is 13.6. The zero-order valence-corrected chi connectivity index (χ0v) is 12.9. The van der Waals surface area contributed by atoms with Crippen molar-refractivity contribution in [3.63, 3.8) is 0 Å². The molecule has 2 aliphatic rings. The van der Waals surface area contributed by atoms with Crippen LogP contribution in [0.5, 0.6) is 0 Å². The van der Waals surface area contributed by atoms with Crippen molar-refractivity contribution in [2.24, 2.45) is 0 Å². The van der Waals surface area contributed by atoms with E-state index in [-0.39, 0.29) is 0 Å². The van der Waals surface area contributed by atoms with Gasteiger partial charge in [-0.2, -0.15) is 0 Å². The van der Waals surface area contributed by atoms with Gasteiger partial charge >= 0.3 is 6.95 Å². The maximum absolute atomic E-state index is 12.2. The lowest BCUT2D eigenvalue weighted by Gasteiger charge is -2.17. The molecule has 108 valence electrons. The van der Waals surface area contributed by atoms with Gasteiger partial charge in [-0.25, -0.2) is 4.57 Å². The highest BCUT2D eigenvalue weighted by Gasteiger charge is 2.27. The Morgan fingerprint density at radius 2 is 1.32 bits per heavy atom. The molecule has 0 aromatic carbocycles. The summed E-state index contributed by atoms with van der Waals surface area (Å²) in [7, 11) is 0. The van der Waals surface area contributed by atoms with Gasteiger partial charge in [-0.15, -0.1) is 0 Å². The first-order chi connectivity index (χ1) is 9.16. The van der Waals surface area contributed by atoms with E-state index >= 15 is 0 Å². The van der Waals surface area contributed by atoms with Crippen LogP contribution in [0.25, 0.3) is 0 Å². The first-order valence-electron chi connectivity index (χ1n) is 7.23. The Labute approximate surface area is 120 Å². The minimum Gasteiger partial charge on any atom is -0.410 e. The first-order valence-corrected chi connectivity index (χ1v) is 9.67. The summed E-state index contributed by atoms with van der Waals surface area (Å²) in [5.74, 6) is 1.45. The summed E-state index contributed by atoms with van der Waals surface area (Å²) < 4.78 is 23.1. The van der Waals surface area contributed by atoms with Crippen LogP contribution in [0.4, 0.5) is 0 Å². The molecular weight excluding hydrogens is 283 g/mol. The van der Waals surface area contributed by atoms with Gasteiger partial charge in [-0.05, 0) is 50.7 Å². The van der Waals surface area contributed by atoms with Crippen molar-refractivity contribution in [1.29, 1.82) is 0 Å². The lowest BCUT2D eigenvalue weighted by atomic mass is 10.2. The summed E-state index contributed by atoms with van der Waals surface area (Å²) in [5.41, 5.74) is 0. The fourth-order valence-electron chi connectivity index (χ4n) is 2.44. The summed E-state index contributed by atoms with van der Waals surface area (Å²) in [6, 6.07) is 0. The molecule has 0 aromatic heterocycles. The number of hydrogen-bond donors (Lipinski definition) is 0. The van der Waals surface area contributed by atoms with Crippen LogP contribution in [-0.4, -0.2) is 0 Å². The van der Waals surface area contributed by atoms with Crippen LogP contribution < -0.4 is 0 Å². The highest BCUT2D eigenvalue weighted by Crippen LogP contribution is 2.58. The van der Waals surface area contributed by atoms with Gasteiger partial charge in [0.1, 0.15) is 11.5 Å². The summed E-state index contributed by atoms with van der Waals surface area (Å²) in [6.07, 6.45) is 14.3. The molecule has 0 saturated carbocycles. The van der Waals surface area contributed by atoms with Crippen molar-refractivity contribution in [2.45, 2.75) is 64.2 Å². The molecule has 19 heavy (non-hydrogen) atoms. The molecule has 0 aliphatic heterocycles. The lowest BCUT2D eigenvalue weighted by Crippen LogP contribution is -1.93. The van der Waals surface area contributed by atoms with E-state index in [9.17, 15) is 4.57 Å². The summed E-state index contributed by atoms with van der Waals surface area (Å²) in [4.78, 5) is 0. The van der Waals surface area contributed by atoms with E-state index in [1.165, 1.54) is 12.8 Å². The standard InChI is InChI=1S/C14H22ClO3P/c15-19(16,17-13-9-5-1-2-6-10-13)18-14-11-7-3-4-8-12-14/h9,11H,1-8,10,12H2. The molecular formula is C14H22ClO3P.